The lowest BCUT2D eigenvalue weighted by atomic mass is 10.2. The maximum atomic E-state index is 12.5. The lowest BCUT2D eigenvalue weighted by Crippen LogP contribution is -2.30. The predicted molar refractivity (Wildman–Crippen MR) is 109 cm³/mol. The molecule has 0 fully saturated rings. The van der Waals surface area contributed by atoms with Gasteiger partial charge >= 0.3 is 10.1 Å². The molecule has 0 aliphatic carbocycles. The largest absolute Gasteiger partial charge is 0.504 e. The third-order valence-electron chi connectivity index (χ3n) is 3.31. The minimum absolute atomic E-state index is 0.273. The van der Waals surface area contributed by atoms with E-state index in [0.717, 1.165) is 30.5 Å². The second kappa shape index (κ2) is 8.78. The molecule has 4 N–H and O–H groups in total. The third kappa shape index (κ3) is 6.30. The Labute approximate surface area is 177 Å². The quantitative estimate of drug-likeness (QED) is 0.218. The molecule has 1 heterocycles. The smallest absolute Gasteiger partial charge is 0.306 e. The third-order valence-corrected chi connectivity index (χ3v) is 5.45. The molecular weight excluding hydrogens is 456 g/mol. The Morgan fingerprint density at radius 1 is 1.23 bits per heavy atom. The average Bonchev–Trinajstić information content (AvgIpc) is 2.60. The topological polar surface area (TPSA) is 217 Å². The van der Waals surface area contributed by atoms with Crippen LogP contribution in [0.5, 0.6) is 11.5 Å². The highest BCUT2D eigenvalue weighted by Gasteiger charge is 2.24. The number of nitro groups is 1. The van der Waals surface area contributed by atoms with E-state index < -0.39 is 64.8 Å². The van der Waals surface area contributed by atoms with Gasteiger partial charge in [-0.15, -0.1) is 10.2 Å². The van der Waals surface area contributed by atoms with E-state index in [0.29, 0.717) is 0 Å². The SMILES string of the molecule is CC(C)NS(=O)(=O)c1cc(O)c(N)nc1N=Nc1ccc([N+](=O)[O-])cc1OS(C)(=O)=O. The van der Waals surface area contributed by atoms with Gasteiger partial charge in [-0.3, -0.25) is 10.1 Å². The van der Waals surface area contributed by atoms with Crippen LogP contribution in [-0.2, 0) is 20.1 Å². The first-order valence-electron chi connectivity index (χ1n) is 8.31. The molecule has 0 saturated carbocycles. The summed E-state index contributed by atoms with van der Waals surface area (Å²) in [6, 6.07) is 3.20. The van der Waals surface area contributed by atoms with E-state index in [1.54, 1.807) is 13.8 Å². The summed E-state index contributed by atoms with van der Waals surface area (Å²) in [7, 11) is -8.27. The molecule has 1 aromatic carbocycles. The molecule has 0 unspecified atom stereocenters. The molecule has 2 aromatic rings. The van der Waals surface area contributed by atoms with Gasteiger partial charge < -0.3 is 15.0 Å². The first kappa shape index (κ1) is 23.9. The van der Waals surface area contributed by atoms with Gasteiger partial charge in [0.2, 0.25) is 10.0 Å². The van der Waals surface area contributed by atoms with Crippen molar-refractivity contribution >= 4 is 43.2 Å². The number of nitrogens with one attached hydrogen (secondary N) is 1. The van der Waals surface area contributed by atoms with Gasteiger partial charge in [0, 0.05) is 18.2 Å². The second-order valence-electron chi connectivity index (χ2n) is 6.39. The number of non-ortho nitro benzene ring substituents is 1. The number of nitro benzene ring substituents is 1. The number of aromatic hydroxyl groups is 1. The number of hydrogen-bond donors (Lipinski definition) is 3. The van der Waals surface area contributed by atoms with Crippen LogP contribution >= 0.6 is 0 Å². The van der Waals surface area contributed by atoms with E-state index in [4.69, 9.17) is 9.92 Å². The van der Waals surface area contributed by atoms with Gasteiger partial charge in [-0.2, -0.15) is 8.42 Å². The van der Waals surface area contributed by atoms with Crippen molar-refractivity contribution in [2.24, 2.45) is 10.2 Å². The van der Waals surface area contributed by atoms with Gasteiger partial charge in [0.1, 0.15) is 10.6 Å². The van der Waals surface area contributed by atoms with Gasteiger partial charge in [0.25, 0.3) is 5.69 Å². The molecular formula is C15H18N6O8S2. The summed E-state index contributed by atoms with van der Waals surface area (Å²) >= 11 is 0. The summed E-state index contributed by atoms with van der Waals surface area (Å²) < 4.78 is 55.0. The normalized spacial score (nSPS) is 12.4. The number of pyridine rings is 1. The minimum atomic E-state index is -4.19. The number of hydrogen-bond acceptors (Lipinski definition) is 12. The molecule has 14 nitrogen and oxygen atoms in total. The van der Waals surface area contributed by atoms with Crippen molar-refractivity contribution in [3.8, 4) is 11.5 Å². The van der Waals surface area contributed by atoms with E-state index in [1.807, 2.05) is 0 Å². The number of nitrogens with two attached hydrogens (primary N) is 1. The predicted octanol–water partition coefficient (Wildman–Crippen LogP) is 1.72. The van der Waals surface area contributed by atoms with Crippen molar-refractivity contribution in [2.75, 3.05) is 12.0 Å². The van der Waals surface area contributed by atoms with E-state index >= 15 is 0 Å². The van der Waals surface area contributed by atoms with Gasteiger partial charge in [0.15, 0.2) is 23.1 Å². The summed E-state index contributed by atoms with van der Waals surface area (Å²) in [5, 5.41) is 28.1. The molecule has 31 heavy (non-hydrogen) atoms. The molecule has 0 aliphatic rings. The van der Waals surface area contributed by atoms with E-state index in [1.165, 1.54) is 0 Å². The molecule has 0 bridgehead atoms. The Balaban J connectivity index is 2.62. The standard InChI is InChI=1S/C15H18N6O8S2/c1-8(2)20-31(27,28)13-7-11(22)14(16)17-15(13)19-18-10-5-4-9(21(23)24)6-12(10)29-30(3,25)26/h4-8,20,22H,1-3H3,(H2,16,17). The summed E-state index contributed by atoms with van der Waals surface area (Å²) in [5.74, 6) is -2.09. The summed E-state index contributed by atoms with van der Waals surface area (Å²) in [6.45, 7) is 3.13. The molecule has 16 heteroatoms. The number of azo groups is 1. The highest BCUT2D eigenvalue weighted by atomic mass is 32.2. The van der Waals surface area contributed by atoms with Crippen molar-refractivity contribution in [3.05, 3.63) is 34.4 Å². The summed E-state index contributed by atoms with van der Waals surface area (Å²) in [4.78, 5) is 13.3. The molecule has 168 valence electrons. The van der Waals surface area contributed by atoms with Crippen molar-refractivity contribution in [3.63, 3.8) is 0 Å². The first-order valence-corrected chi connectivity index (χ1v) is 11.6. The second-order valence-corrected chi connectivity index (χ2v) is 9.64. The van der Waals surface area contributed by atoms with Crippen LogP contribution in [0, 0.1) is 10.1 Å². The maximum absolute atomic E-state index is 12.5. The number of anilines is 1. The number of nitrogens with zero attached hydrogens (tertiary/aromatic N) is 4. The molecule has 2 rings (SSSR count). The average molecular weight is 474 g/mol. The fourth-order valence-electron chi connectivity index (χ4n) is 2.16. The number of rotatable bonds is 8. The summed E-state index contributed by atoms with van der Waals surface area (Å²) in [6.07, 6.45) is 0.719. The maximum Gasteiger partial charge on any atom is 0.306 e. The van der Waals surface area contributed by atoms with Crippen LogP contribution in [0.2, 0.25) is 0 Å². The lowest BCUT2D eigenvalue weighted by molar-refractivity contribution is -0.384. The van der Waals surface area contributed by atoms with Crippen LogP contribution in [0.25, 0.3) is 0 Å². The fraction of sp³-hybridized carbons (Fsp3) is 0.267. The first-order chi connectivity index (χ1) is 14.2. The fourth-order valence-corrected chi connectivity index (χ4v) is 3.96. The number of nitrogen functional groups attached to an aromatic ring is 1. The van der Waals surface area contributed by atoms with Crippen LogP contribution in [0.15, 0.2) is 39.4 Å². The minimum Gasteiger partial charge on any atom is -0.504 e. The molecule has 1 aromatic heterocycles. The highest BCUT2D eigenvalue weighted by molar-refractivity contribution is 7.89. The van der Waals surface area contributed by atoms with Gasteiger partial charge in [0.05, 0.1) is 17.2 Å². The Hall–Kier alpha value is -3.37. The van der Waals surface area contributed by atoms with E-state index in [2.05, 4.69) is 19.9 Å². The molecule has 0 atom stereocenters. The van der Waals surface area contributed by atoms with Crippen molar-refractivity contribution in [1.29, 1.82) is 0 Å². The number of aromatic nitrogens is 1. The van der Waals surface area contributed by atoms with Gasteiger partial charge in [-0.05, 0) is 19.9 Å². The zero-order valence-corrected chi connectivity index (χ0v) is 18.0. The van der Waals surface area contributed by atoms with Crippen LogP contribution in [0.3, 0.4) is 0 Å². The highest BCUT2D eigenvalue weighted by Crippen LogP contribution is 2.35. The Morgan fingerprint density at radius 3 is 2.42 bits per heavy atom. The molecule has 0 radical (unpaired) electrons. The van der Waals surface area contributed by atoms with Crippen LogP contribution in [-0.4, -0.2) is 44.1 Å². The molecule has 0 amide bonds. The van der Waals surface area contributed by atoms with Crippen molar-refractivity contribution in [2.45, 2.75) is 24.8 Å². The molecule has 0 spiro atoms. The Bertz CT molecular complexity index is 1260. The Morgan fingerprint density at radius 2 is 1.87 bits per heavy atom. The van der Waals surface area contributed by atoms with E-state index in [9.17, 15) is 32.1 Å². The molecule has 0 aliphatic heterocycles. The lowest BCUT2D eigenvalue weighted by Gasteiger charge is -2.12. The number of benzene rings is 1. The number of sulfonamides is 1. The van der Waals surface area contributed by atoms with Gasteiger partial charge in [-0.1, -0.05) is 0 Å². The zero-order valence-electron chi connectivity index (χ0n) is 16.4. The van der Waals surface area contributed by atoms with Gasteiger partial charge in [-0.25, -0.2) is 18.1 Å². The van der Waals surface area contributed by atoms with Crippen LogP contribution in [0.1, 0.15) is 13.8 Å². The molecule has 0 saturated heterocycles. The van der Waals surface area contributed by atoms with Crippen LogP contribution < -0.4 is 14.6 Å². The monoisotopic (exact) mass is 474 g/mol. The van der Waals surface area contributed by atoms with Crippen molar-refractivity contribution in [1.82, 2.24) is 9.71 Å². The summed E-state index contributed by atoms with van der Waals surface area (Å²) in [5.41, 5.74) is 4.76. The zero-order chi connectivity index (χ0) is 23.6. The van der Waals surface area contributed by atoms with Crippen molar-refractivity contribution < 1.29 is 31.0 Å². The van der Waals surface area contributed by atoms with E-state index in [-0.39, 0.29) is 5.69 Å². The Kier molecular flexibility index (Phi) is 6.77. The van der Waals surface area contributed by atoms with Crippen LogP contribution in [0.4, 0.5) is 23.0 Å².